The molecule has 0 aliphatic carbocycles. The SMILES string of the molecule is CCc1nn(CC)c(COc2ccc(N)c(C)c2)c1Br. The molecule has 0 amide bonds. The molecule has 2 rings (SSSR count). The molecule has 2 N–H and O–H groups in total. The molecule has 0 unspecified atom stereocenters. The molecule has 1 aromatic heterocycles. The maximum atomic E-state index is 5.86. The van der Waals surface area contributed by atoms with Crippen molar-refractivity contribution in [2.45, 2.75) is 40.3 Å². The second-order valence-corrected chi connectivity index (χ2v) is 5.48. The Kier molecular flexibility index (Phi) is 4.70. The Balaban J connectivity index is 2.17. The maximum Gasteiger partial charge on any atom is 0.131 e. The third-order valence-electron chi connectivity index (χ3n) is 3.31. The maximum absolute atomic E-state index is 5.86. The molecule has 0 bridgehead atoms. The molecule has 0 aliphatic rings. The summed E-state index contributed by atoms with van der Waals surface area (Å²) in [4.78, 5) is 0. The van der Waals surface area contributed by atoms with Gasteiger partial charge in [0.2, 0.25) is 0 Å². The predicted molar refractivity (Wildman–Crippen MR) is 84.9 cm³/mol. The molecular weight excluding hydrogens is 318 g/mol. The molecule has 0 spiro atoms. The van der Waals surface area contributed by atoms with Crippen molar-refractivity contribution in [1.82, 2.24) is 9.78 Å². The fraction of sp³-hybridized carbons (Fsp3) is 0.400. The molecule has 1 heterocycles. The van der Waals surface area contributed by atoms with E-state index < -0.39 is 0 Å². The van der Waals surface area contributed by atoms with Crippen LogP contribution in [0.4, 0.5) is 5.69 Å². The van der Waals surface area contributed by atoms with Crippen LogP contribution in [-0.2, 0) is 19.6 Å². The topological polar surface area (TPSA) is 53.1 Å². The minimum Gasteiger partial charge on any atom is -0.487 e. The third-order valence-corrected chi connectivity index (χ3v) is 4.23. The van der Waals surface area contributed by atoms with E-state index in [0.29, 0.717) is 6.61 Å². The smallest absolute Gasteiger partial charge is 0.131 e. The highest BCUT2D eigenvalue weighted by molar-refractivity contribution is 9.10. The predicted octanol–water partition coefficient (Wildman–Crippen LogP) is 3.70. The second kappa shape index (κ2) is 6.31. The molecule has 1 aromatic carbocycles. The summed E-state index contributed by atoms with van der Waals surface area (Å²) in [5, 5.41) is 4.56. The molecule has 20 heavy (non-hydrogen) atoms. The summed E-state index contributed by atoms with van der Waals surface area (Å²) in [6.45, 7) is 7.48. The summed E-state index contributed by atoms with van der Waals surface area (Å²) in [5.41, 5.74) is 9.76. The summed E-state index contributed by atoms with van der Waals surface area (Å²) in [5.74, 6) is 0.825. The highest BCUT2D eigenvalue weighted by atomic mass is 79.9. The Labute approximate surface area is 128 Å². The summed E-state index contributed by atoms with van der Waals surface area (Å²) >= 11 is 3.62. The largest absolute Gasteiger partial charge is 0.487 e. The number of aromatic nitrogens is 2. The van der Waals surface area contributed by atoms with Crippen molar-refractivity contribution >= 4 is 21.6 Å². The van der Waals surface area contributed by atoms with Gasteiger partial charge in [-0.1, -0.05) is 6.92 Å². The van der Waals surface area contributed by atoms with Crippen LogP contribution in [0.5, 0.6) is 5.75 Å². The third kappa shape index (κ3) is 2.98. The Hall–Kier alpha value is -1.49. The zero-order valence-electron chi connectivity index (χ0n) is 12.1. The van der Waals surface area contributed by atoms with Gasteiger partial charge in [0.25, 0.3) is 0 Å². The number of anilines is 1. The molecule has 2 aromatic rings. The van der Waals surface area contributed by atoms with Crippen LogP contribution in [0, 0.1) is 6.92 Å². The average molecular weight is 338 g/mol. The summed E-state index contributed by atoms with van der Waals surface area (Å²) in [6.07, 6.45) is 0.904. The molecule has 5 heteroatoms. The van der Waals surface area contributed by atoms with Crippen LogP contribution < -0.4 is 10.5 Å². The van der Waals surface area contributed by atoms with Crippen LogP contribution in [0.3, 0.4) is 0 Å². The molecule has 0 atom stereocenters. The van der Waals surface area contributed by atoms with Gasteiger partial charge in [-0.05, 0) is 60.0 Å². The van der Waals surface area contributed by atoms with E-state index in [2.05, 4.69) is 34.9 Å². The molecular formula is C15H20BrN3O. The van der Waals surface area contributed by atoms with Crippen molar-refractivity contribution in [2.75, 3.05) is 5.73 Å². The molecule has 4 nitrogen and oxygen atoms in total. The number of hydrogen-bond donors (Lipinski definition) is 1. The fourth-order valence-corrected chi connectivity index (χ4v) is 2.72. The summed E-state index contributed by atoms with van der Waals surface area (Å²) in [7, 11) is 0. The summed E-state index contributed by atoms with van der Waals surface area (Å²) in [6, 6.07) is 5.72. The number of ether oxygens (including phenoxy) is 1. The number of hydrogen-bond acceptors (Lipinski definition) is 3. The molecule has 0 aliphatic heterocycles. The number of aryl methyl sites for hydroxylation is 3. The van der Waals surface area contributed by atoms with Crippen LogP contribution in [-0.4, -0.2) is 9.78 Å². The van der Waals surface area contributed by atoms with Gasteiger partial charge in [0.1, 0.15) is 12.4 Å². The van der Waals surface area contributed by atoms with Crippen LogP contribution >= 0.6 is 15.9 Å². The van der Waals surface area contributed by atoms with Gasteiger partial charge < -0.3 is 10.5 Å². The van der Waals surface area contributed by atoms with Crippen LogP contribution in [0.1, 0.15) is 30.8 Å². The van der Waals surface area contributed by atoms with Crippen LogP contribution in [0.15, 0.2) is 22.7 Å². The zero-order chi connectivity index (χ0) is 14.7. The Morgan fingerprint density at radius 2 is 2.10 bits per heavy atom. The molecule has 0 saturated heterocycles. The first-order chi connectivity index (χ1) is 9.56. The number of nitrogens with two attached hydrogens (primary N) is 1. The van der Waals surface area contributed by atoms with Crippen LogP contribution in [0.2, 0.25) is 0 Å². The highest BCUT2D eigenvalue weighted by Gasteiger charge is 2.14. The first-order valence-electron chi connectivity index (χ1n) is 6.79. The lowest BCUT2D eigenvalue weighted by Crippen LogP contribution is -2.06. The molecule has 108 valence electrons. The van der Waals surface area contributed by atoms with E-state index in [4.69, 9.17) is 10.5 Å². The van der Waals surface area contributed by atoms with Crippen LogP contribution in [0.25, 0.3) is 0 Å². The van der Waals surface area contributed by atoms with Gasteiger partial charge in [-0.3, -0.25) is 4.68 Å². The van der Waals surface area contributed by atoms with Gasteiger partial charge >= 0.3 is 0 Å². The first kappa shape index (κ1) is 14.9. The number of nitrogens with zero attached hydrogens (tertiary/aromatic N) is 2. The van der Waals surface area contributed by atoms with E-state index in [1.165, 1.54) is 0 Å². The number of halogens is 1. The lowest BCUT2D eigenvalue weighted by molar-refractivity contribution is 0.291. The van der Waals surface area contributed by atoms with Gasteiger partial charge in [0, 0.05) is 12.2 Å². The monoisotopic (exact) mass is 337 g/mol. The Bertz CT molecular complexity index is 607. The Morgan fingerprint density at radius 1 is 1.35 bits per heavy atom. The second-order valence-electron chi connectivity index (χ2n) is 4.68. The van der Waals surface area contributed by atoms with Gasteiger partial charge in [0.15, 0.2) is 0 Å². The standard InChI is InChI=1S/C15H20BrN3O/c1-4-13-15(16)14(19(5-2)18-13)9-20-11-6-7-12(17)10(3)8-11/h6-8H,4-5,9,17H2,1-3H3. The molecule has 0 fully saturated rings. The van der Waals surface area contributed by atoms with E-state index in [1.807, 2.05) is 29.8 Å². The van der Waals surface area contributed by atoms with Crippen molar-refractivity contribution in [1.29, 1.82) is 0 Å². The van der Waals surface area contributed by atoms with E-state index in [0.717, 1.165) is 45.8 Å². The van der Waals surface area contributed by atoms with Gasteiger partial charge in [-0.15, -0.1) is 0 Å². The lowest BCUT2D eigenvalue weighted by atomic mass is 10.2. The van der Waals surface area contributed by atoms with Crippen molar-refractivity contribution in [3.8, 4) is 5.75 Å². The first-order valence-corrected chi connectivity index (χ1v) is 7.59. The summed E-state index contributed by atoms with van der Waals surface area (Å²) < 4.78 is 8.89. The van der Waals surface area contributed by atoms with Crippen molar-refractivity contribution in [3.63, 3.8) is 0 Å². The fourth-order valence-electron chi connectivity index (χ4n) is 2.04. The van der Waals surface area contributed by atoms with Crippen molar-refractivity contribution in [2.24, 2.45) is 0 Å². The molecule has 0 radical (unpaired) electrons. The van der Waals surface area contributed by atoms with Gasteiger partial charge in [0.05, 0.1) is 15.9 Å². The zero-order valence-corrected chi connectivity index (χ0v) is 13.7. The van der Waals surface area contributed by atoms with E-state index >= 15 is 0 Å². The minimum absolute atomic E-state index is 0.491. The number of nitrogen functional groups attached to an aromatic ring is 1. The normalized spacial score (nSPS) is 10.8. The van der Waals surface area contributed by atoms with E-state index in [-0.39, 0.29) is 0 Å². The Morgan fingerprint density at radius 3 is 2.70 bits per heavy atom. The van der Waals surface area contributed by atoms with Gasteiger partial charge in [-0.25, -0.2) is 0 Å². The minimum atomic E-state index is 0.491. The van der Waals surface area contributed by atoms with E-state index in [9.17, 15) is 0 Å². The number of benzene rings is 1. The van der Waals surface area contributed by atoms with Crippen molar-refractivity contribution in [3.05, 3.63) is 39.6 Å². The lowest BCUT2D eigenvalue weighted by Gasteiger charge is -2.10. The quantitative estimate of drug-likeness (QED) is 0.846. The number of rotatable bonds is 5. The van der Waals surface area contributed by atoms with Gasteiger partial charge in [-0.2, -0.15) is 5.10 Å². The van der Waals surface area contributed by atoms with E-state index in [1.54, 1.807) is 0 Å². The van der Waals surface area contributed by atoms with Crippen molar-refractivity contribution < 1.29 is 4.74 Å². The highest BCUT2D eigenvalue weighted by Crippen LogP contribution is 2.25. The molecule has 0 saturated carbocycles. The average Bonchev–Trinajstić information content (AvgIpc) is 2.76.